The maximum atomic E-state index is 11.4. The van der Waals surface area contributed by atoms with Crippen LogP contribution < -0.4 is 5.32 Å². The third kappa shape index (κ3) is 1.85. The van der Waals surface area contributed by atoms with Crippen LogP contribution in [0.25, 0.3) is 10.9 Å². The molecule has 0 unspecified atom stereocenters. The molecule has 0 aliphatic rings. The lowest BCUT2D eigenvalue weighted by atomic mass is 10.2. The molecule has 15 heavy (non-hydrogen) atoms. The molecule has 2 aromatic rings. The van der Waals surface area contributed by atoms with Crippen molar-refractivity contribution >= 4 is 32.7 Å². The Hall–Kier alpha value is -1.42. The summed E-state index contributed by atoms with van der Waals surface area (Å²) in [6.07, 6.45) is 0. The molecule has 0 atom stereocenters. The molecule has 0 aliphatic heterocycles. The topological polar surface area (TPSA) is 42.0 Å². The summed E-state index contributed by atoms with van der Waals surface area (Å²) in [4.78, 5) is 15.7. The first-order chi connectivity index (χ1) is 7.22. The highest BCUT2D eigenvalue weighted by Gasteiger charge is 2.06. The molecular weight excluding hydrogens is 256 g/mol. The summed E-state index contributed by atoms with van der Waals surface area (Å²) in [7, 11) is 1.59. The Morgan fingerprint density at radius 1 is 1.33 bits per heavy atom. The Kier molecular flexibility index (Phi) is 2.68. The van der Waals surface area contributed by atoms with Crippen molar-refractivity contribution in [3.8, 4) is 0 Å². The first-order valence-corrected chi connectivity index (χ1v) is 5.29. The van der Waals surface area contributed by atoms with Gasteiger partial charge in [-0.1, -0.05) is 18.2 Å². The molecule has 0 spiro atoms. The number of carbonyl (C=O) groups is 1. The van der Waals surface area contributed by atoms with Crippen LogP contribution in [0.2, 0.25) is 0 Å². The normalized spacial score (nSPS) is 10.3. The summed E-state index contributed by atoms with van der Waals surface area (Å²) in [5.41, 5.74) is 1.23. The minimum atomic E-state index is -0.173. The third-order valence-corrected chi connectivity index (χ3v) is 2.77. The number of halogens is 1. The van der Waals surface area contributed by atoms with Crippen LogP contribution in [0.15, 0.2) is 34.8 Å². The Morgan fingerprint density at radius 2 is 2.13 bits per heavy atom. The van der Waals surface area contributed by atoms with Gasteiger partial charge >= 0.3 is 0 Å². The van der Waals surface area contributed by atoms with E-state index in [1.165, 1.54) is 0 Å². The molecule has 0 bridgehead atoms. The lowest BCUT2D eigenvalue weighted by molar-refractivity contribution is 0.0958. The van der Waals surface area contributed by atoms with Crippen LogP contribution in [0.5, 0.6) is 0 Å². The number of fused-ring (bicyclic) bond motifs is 1. The van der Waals surface area contributed by atoms with E-state index in [0.29, 0.717) is 5.69 Å². The summed E-state index contributed by atoms with van der Waals surface area (Å²) in [6, 6.07) is 9.41. The van der Waals surface area contributed by atoms with Gasteiger partial charge in [0, 0.05) is 16.9 Å². The number of benzene rings is 1. The number of hydrogen-bond donors (Lipinski definition) is 1. The van der Waals surface area contributed by atoms with Crippen molar-refractivity contribution in [2.45, 2.75) is 0 Å². The molecular formula is C11H9BrN2O. The number of para-hydroxylation sites is 1. The molecule has 1 heterocycles. The zero-order chi connectivity index (χ0) is 10.8. The first-order valence-electron chi connectivity index (χ1n) is 4.50. The van der Waals surface area contributed by atoms with Crippen LogP contribution in [-0.2, 0) is 0 Å². The van der Waals surface area contributed by atoms with Crippen molar-refractivity contribution in [1.29, 1.82) is 0 Å². The minimum Gasteiger partial charge on any atom is -0.354 e. The van der Waals surface area contributed by atoms with E-state index in [1.54, 1.807) is 13.1 Å². The van der Waals surface area contributed by atoms with Gasteiger partial charge in [0.05, 0.1) is 5.52 Å². The number of nitrogens with zero attached hydrogens (tertiary/aromatic N) is 1. The summed E-state index contributed by atoms with van der Waals surface area (Å²) in [5, 5.41) is 3.56. The molecule has 0 fully saturated rings. The van der Waals surface area contributed by atoms with Gasteiger partial charge in [-0.3, -0.25) is 4.79 Å². The van der Waals surface area contributed by atoms with Gasteiger partial charge in [0.1, 0.15) is 5.69 Å². The maximum Gasteiger partial charge on any atom is 0.269 e. The van der Waals surface area contributed by atoms with Gasteiger partial charge in [-0.25, -0.2) is 4.98 Å². The molecule has 1 N–H and O–H groups in total. The van der Waals surface area contributed by atoms with Crippen molar-refractivity contribution in [1.82, 2.24) is 10.3 Å². The van der Waals surface area contributed by atoms with Crippen LogP contribution in [0.3, 0.4) is 0 Å². The van der Waals surface area contributed by atoms with E-state index >= 15 is 0 Å². The van der Waals surface area contributed by atoms with Crippen LogP contribution in [0.4, 0.5) is 0 Å². The fraction of sp³-hybridized carbons (Fsp3) is 0.0909. The fourth-order valence-electron chi connectivity index (χ4n) is 1.37. The number of carbonyl (C=O) groups excluding carboxylic acids is 1. The van der Waals surface area contributed by atoms with Crippen molar-refractivity contribution < 1.29 is 4.79 Å². The van der Waals surface area contributed by atoms with Gasteiger partial charge in [-0.05, 0) is 28.1 Å². The highest BCUT2D eigenvalue weighted by Crippen LogP contribution is 2.21. The molecule has 3 nitrogen and oxygen atoms in total. The lowest BCUT2D eigenvalue weighted by Gasteiger charge is -2.02. The van der Waals surface area contributed by atoms with Gasteiger partial charge in [0.15, 0.2) is 0 Å². The minimum absolute atomic E-state index is 0.173. The van der Waals surface area contributed by atoms with Gasteiger partial charge in [0.25, 0.3) is 5.91 Å². The predicted molar refractivity (Wildman–Crippen MR) is 62.8 cm³/mol. The number of pyridine rings is 1. The molecule has 0 saturated carbocycles. The quantitative estimate of drug-likeness (QED) is 0.860. The smallest absolute Gasteiger partial charge is 0.269 e. The summed E-state index contributed by atoms with van der Waals surface area (Å²) < 4.78 is 0.894. The molecule has 4 heteroatoms. The van der Waals surface area contributed by atoms with E-state index in [0.717, 1.165) is 15.4 Å². The third-order valence-electron chi connectivity index (χ3n) is 2.13. The zero-order valence-electron chi connectivity index (χ0n) is 8.12. The van der Waals surface area contributed by atoms with E-state index in [1.807, 2.05) is 24.3 Å². The summed E-state index contributed by atoms with van der Waals surface area (Å²) >= 11 is 3.41. The number of hydrogen-bond acceptors (Lipinski definition) is 2. The zero-order valence-corrected chi connectivity index (χ0v) is 9.71. The summed E-state index contributed by atoms with van der Waals surface area (Å²) in [5.74, 6) is -0.173. The number of rotatable bonds is 1. The van der Waals surface area contributed by atoms with Gasteiger partial charge in [0.2, 0.25) is 0 Å². The summed E-state index contributed by atoms with van der Waals surface area (Å²) in [6.45, 7) is 0. The van der Waals surface area contributed by atoms with Gasteiger partial charge in [-0.2, -0.15) is 0 Å². The van der Waals surface area contributed by atoms with E-state index in [-0.39, 0.29) is 5.91 Å². The van der Waals surface area contributed by atoms with Gasteiger partial charge < -0.3 is 5.32 Å². The predicted octanol–water partition coefficient (Wildman–Crippen LogP) is 2.36. The highest BCUT2D eigenvalue weighted by atomic mass is 79.9. The Bertz CT molecular complexity index is 525. The first kappa shape index (κ1) is 10.1. The number of aromatic nitrogens is 1. The monoisotopic (exact) mass is 264 g/mol. The van der Waals surface area contributed by atoms with Crippen molar-refractivity contribution in [2.75, 3.05) is 7.05 Å². The average Bonchev–Trinajstić information content (AvgIpc) is 2.28. The van der Waals surface area contributed by atoms with Gasteiger partial charge in [-0.15, -0.1) is 0 Å². The van der Waals surface area contributed by atoms with Crippen LogP contribution >= 0.6 is 15.9 Å². The van der Waals surface area contributed by atoms with Crippen molar-refractivity contribution in [3.05, 3.63) is 40.5 Å². The largest absolute Gasteiger partial charge is 0.354 e. The Morgan fingerprint density at radius 3 is 2.87 bits per heavy atom. The second-order valence-electron chi connectivity index (χ2n) is 3.09. The Labute approximate surface area is 95.6 Å². The van der Waals surface area contributed by atoms with Crippen LogP contribution in [0.1, 0.15) is 10.5 Å². The van der Waals surface area contributed by atoms with Crippen LogP contribution in [-0.4, -0.2) is 17.9 Å². The number of nitrogens with one attached hydrogen (secondary N) is 1. The van der Waals surface area contributed by atoms with E-state index in [9.17, 15) is 4.79 Å². The second kappa shape index (κ2) is 3.98. The van der Waals surface area contributed by atoms with E-state index in [2.05, 4.69) is 26.2 Å². The van der Waals surface area contributed by atoms with E-state index in [4.69, 9.17) is 0 Å². The average molecular weight is 265 g/mol. The van der Waals surface area contributed by atoms with Crippen molar-refractivity contribution in [3.63, 3.8) is 0 Å². The molecule has 0 radical (unpaired) electrons. The lowest BCUT2D eigenvalue weighted by Crippen LogP contribution is -2.19. The van der Waals surface area contributed by atoms with Crippen LogP contribution in [0, 0.1) is 0 Å². The van der Waals surface area contributed by atoms with E-state index < -0.39 is 0 Å². The molecule has 0 aliphatic carbocycles. The molecule has 1 aromatic heterocycles. The maximum absolute atomic E-state index is 11.4. The number of amides is 1. The second-order valence-corrected chi connectivity index (χ2v) is 3.94. The van der Waals surface area contributed by atoms with Crippen molar-refractivity contribution in [2.24, 2.45) is 0 Å². The molecule has 1 amide bonds. The Balaban J connectivity index is 2.64. The SMILES string of the molecule is CNC(=O)c1ccc2cccc(Br)c2n1. The molecule has 1 aromatic carbocycles. The molecule has 76 valence electrons. The highest BCUT2D eigenvalue weighted by molar-refractivity contribution is 9.10. The standard InChI is InChI=1S/C11H9BrN2O/c1-13-11(15)9-6-5-7-3-2-4-8(12)10(7)14-9/h2-6H,1H3,(H,13,15). The molecule has 0 saturated heterocycles. The molecule has 2 rings (SSSR count). The fourth-order valence-corrected chi connectivity index (χ4v) is 1.84.